The largest absolute Gasteiger partial charge is 0.361 e. The summed E-state index contributed by atoms with van der Waals surface area (Å²) in [7, 11) is 0. The quantitative estimate of drug-likeness (QED) is 0.134. The number of pyridine rings is 1. The van der Waals surface area contributed by atoms with Crippen LogP contribution >= 0.6 is 0 Å². The molecule has 0 amide bonds. The van der Waals surface area contributed by atoms with Gasteiger partial charge in [-0.25, -0.2) is 17.6 Å². The lowest BCUT2D eigenvalue weighted by atomic mass is 9.84. The molecule has 9 heteroatoms. The highest BCUT2D eigenvalue weighted by molar-refractivity contribution is 5.90. The molecule has 4 N–H and O–H groups in total. The van der Waals surface area contributed by atoms with Crippen molar-refractivity contribution in [3.8, 4) is 0 Å². The molecule has 0 bridgehead atoms. The average molecular weight is 640 g/mol. The zero-order valence-electron chi connectivity index (χ0n) is 25.1. The minimum absolute atomic E-state index is 0.367. The number of aromatic amines is 4. The van der Waals surface area contributed by atoms with E-state index in [1.807, 2.05) is 36.9 Å². The Morgan fingerprint density at radius 2 is 0.771 bits per heavy atom. The highest BCUT2D eigenvalue weighted by Gasteiger charge is 2.28. The van der Waals surface area contributed by atoms with Crippen LogP contribution in [0.15, 0.2) is 116 Å². The van der Waals surface area contributed by atoms with E-state index in [-0.39, 0.29) is 23.3 Å². The Hall–Kier alpha value is -6.09. The van der Waals surface area contributed by atoms with E-state index in [1.165, 1.54) is 48.5 Å². The number of benzene rings is 4. The maximum Gasteiger partial charge on any atom is 0.123 e. The molecule has 5 nitrogen and oxygen atoms in total. The van der Waals surface area contributed by atoms with Gasteiger partial charge in [-0.2, -0.15) is 0 Å². The number of H-pyrrole nitrogens is 4. The molecular formula is C39H25F4N5. The zero-order chi connectivity index (χ0) is 32.5. The van der Waals surface area contributed by atoms with Gasteiger partial charge in [-0.15, -0.1) is 0 Å². The van der Waals surface area contributed by atoms with Crippen LogP contribution in [0.25, 0.3) is 43.6 Å². The van der Waals surface area contributed by atoms with Gasteiger partial charge in [0.15, 0.2) is 0 Å². The fourth-order valence-electron chi connectivity index (χ4n) is 7.18. The third kappa shape index (κ3) is 4.50. The van der Waals surface area contributed by atoms with Crippen LogP contribution in [0.4, 0.5) is 17.6 Å². The van der Waals surface area contributed by atoms with E-state index in [9.17, 15) is 17.6 Å². The maximum atomic E-state index is 14.6. The molecule has 0 fully saturated rings. The van der Waals surface area contributed by atoms with E-state index >= 15 is 0 Å². The highest BCUT2D eigenvalue weighted by atomic mass is 19.1. The molecule has 234 valence electrons. The first-order valence-corrected chi connectivity index (χ1v) is 15.4. The van der Waals surface area contributed by atoms with Gasteiger partial charge in [0, 0.05) is 80.5 Å². The van der Waals surface area contributed by atoms with E-state index in [2.05, 4.69) is 19.9 Å². The van der Waals surface area contributed by atoms with Gasteiger partial charge in [0.25, 0.3) is 0 Å². The van der Waals surface area contributed by atoms with Crippen molar-refractivity contribution in [2.24, 2.45) is 0 Å². The summed E-state index contributed by atoms with van der Waals surface area (Å²) < 4.78 is 58.2. The number of nitrogens with one attached hydrogen (secondary N) is 4. The maximum absolute atomic E-state index is 14.6. The second kappa shape index (κ2) is 10.7. The highest BCUT2D eigenvalue weighted by Crippen LogP contribution is 2.42. The monoisotopic (exact) mass is 639 g/mol. The first-order valence-electron chi connectivity index (χ1n) is 15.4. The van der Waals surface area contributed by atoms with Gasteiger partial charge in [-0.1, -0.05) is 6.07 Å². The molecule has 4 aromatic carbocycles. The van der Waals surface area contributed by atoms with Crippen LogP contribution in [-0.2, 0) is 0 Å². The number of nitrogens with zero attached hydrogens (tertiary/aromatic N) is 1. The van der Waals surface area contributed by atoms with E-state index in [1.54, 1.807) is 30.5 Å². The fourth-order valence-corrected chi connectivity index (χ4v) is 7.18. The molecule has 5 aromatic heterocycles. The summed E-state index contributed by atoms with van der Waals surface area (Å²) in [6, 6.07) is 22.2. The molecule has 5 heterocycles. The van der Waals surface area contributed by atoms with E-state index in [0.29, 0.717) is 27.2 Å². The lowest BCUT2D eigenvalue weighted by Gasteiger charge is -2.20. The third-order valence-electron chi connectivity index (χ3n) is 9.39. The first kappa shape index (κ1) is 28.2. The molecule has 0 unspecified atom stereocenters. The Kier molecular flexibility index (Phi) is 6.30. The summed E-state index contributed by atoms with van der Waals surface area (Å²) in [5, 5.41) is 2.79. The Bertz CT molecular complexity index is 2300. The van der Waals surface area contributed by atoms with Crippen molar-refractivity contribution in [3.05, 3.63) is 173 Å². The van der Waals surface area contributed by atoms with Gasteiger partial charge < -0.3 is 19.9 Å². The van der Waals surface area contributed by atoms with Crippen LogP contribution in [0, 0.1) is 23.3 Å². The SMILES string of the molecule is Fc1ccc2[nH]cc(C(c3ccc(C(c4c[nH]c5ccc(F)cc45)c4c[nH]c5ccc(F)cc45)nc3)c3c[nH]c4ccc(F)cc34)c2c1. The van der Waals surface area contributed by atoms with Crippen molar-refractivity contribution in [2.45, 2.75) is 11.8 Å². The fraction of sp³-hybridized carbons (Fsp3) is 0.0513. The normalized spacial score (nSPS) is 12.1. The summed E-state index contributed by atoms with van der Waals surface area (Å²) in [5.74, 6) is -2.41. The number of rotatable bonds is 6. The molecule has 48 heavy (non-hydrogen) atoms. The number of fused-ring (bicyclic) bond motifs is 4. The average Bonchev–Trinajstić information content (AvgIpc) is 3.89. The van der Waals surface area contributed by atoms with Gasteiger partial charge in [0.05, 0.1) is 11.6 Å². The van der Waals surface area contributed by atoms with Crippen LogP contribution in [-0.4, -0.2) is 24.9 Å². The second-order valence-corrected chi connectivity index (χ2v) is 12.1. The van der Waals surface area contributed by atoms with Gasteiger partial charge in [-0.05, 0) is 107 Å². The minimum atomic E-state index is -0.493. The molecule has 9 rings (SSSR count). The van der Waals surface area contributed by atoms with Gasteiger partial charge in [0.2, 0.25) is 0 Å². The van der Waals surface area contributed by atoms with Crippen LogP contribution in [0.1, 0.15) is 45.3 Å². The van der Waals surface area contributed by atoms with Crippen molar-refractivity contribution >= 4 is 43.6 Å². The summed E-state index contributed by atoms with van der Waals surface area (Å²) >= 11 is 0. The lowest BCUT2D eigenvalue weighted by Crippen LogP contribution is -2.08. The minimum Gasteiger partial charge on any atom is -0.361 e. The molecule has 0 aliphatic rings. The second-order valence-electron chi connectivity index (χ2n) is 12.1. The third-order valence-corrected chi connectivity index (χ3v) is 9.39. The Balaban J connectivity index is 1.24. The molecule has 0 radical (unpaired) electrons. The van der Waals surface area contributed by atoms with Gasteiger partial charge in [0.1, 0.15) is 23.3 Å². The summed E-state index contributed by atoms with van der Waals surface area (Å²) in [5.41, 5.74) is 7.69. The van der Waals surface area contributed by atoms with Crippen molar-refractivity contribution in [2.75, 3.05) is 0 Å². The molecule has 0 spiro atoms. The Labute approximate surface area is 270 Å². The van der Waals surface area contributed by atoms with Crippen molar-refractivity contribution < 1.29 is 17.6 Å². The molecule has 0 aliphatic heterocycles. The van der Waals surface area contributed by atoms with Crippen molar-refractivity contribution in [1.82, 2.24) is 24.9 Å². The van der Waals surface area contributed by atoms with E-state index in [0.717, 1.165) is 49.9 Å². The topological polar surface area (TPSA) is 76.0 Å². The van der Waals surface area contributed by atoms with Crippen molar-refractivity contribution in [1.29, 1.82) is 0 Å². The molecule has 0 atom stereocenters. The number of aromatic nitrogens is 5. The van der Waals surface area contributed by atoms with Gasteiger partial charge >= 0.3 is 0 Å². The van der Waals surface area contributed by atoms with Crippen LogP contribution < -0.4 is 0 Å². The molecule has 0 saturated heterocycles. The Morgan fingerprint density at radius 1 is 0.417 bits per heavy atom. The zero-order valence-corrected chi connectivity index (χ0v) is 25.1. The standard InChI is InChI=1S/C39H25F4N5/c40-21-2-7-33-25(11-21)29(16-45-33)38(30-17-46-34-8-3-22(41)12-26(30)34)20-1-6-37(44-15-20)39(31-18-47-35-9-4-23(42)13-27(31)35)32-19-48-36-10-5-24(43)14-28(32)36/h1-19,38-39,45-48H. The molecular weight excluding hydrogens is 614 g/mol. The number of hydrogen-bond donors (Lipinski definition) is 4. The smallest absolute Gasteiger partial charge is 0.123 e. The summed E-state index contributed by atoms with van der Waals surface area (Å²) in [6.45, 7) is 0. The van der Waals surface area contributed by atoms with Crippen molar-refractivity contribution in [3.63, 3.8) is 0 Å². The summed E-state index contributed by atoms with van der Waals surface area (Å²) in [6.07, 6.45) is 9.15. The lowest BCUT2D eigenvalue weighted by molar-refractivity contribution is 0.629. The Morgan fingerprint density at radius 3 is 1.10 bits per heavy atom. The van der Waals surface area contributed by atoms with Crippen LogP contribution in [0.3, 0.4) is 0 Å². The van der Waals surface area contributed by atoms with E-state index < -0.39 is 11.8 Å². The number of hydrogen-bond acceptors (Lipinski definition) is 1. The molecule has 9 aromatic rings. The van der Waals surface area contributed by atoms with Gasteiger partial charge in [-0.3, -0.25) is 4.98 Å². The number of halogens is 4. The van der Waals surface area contributed by atoms with Crippen LogP contribution in [0.5, 0.6) is 0 Å². The first-order chi connectivity index (χ1) is 23.4. The predicted octanol–water partition coefficient (Wildman–Crippen LogP) is 9.92. The predicted molar refractivity (Wildman–Crippen MR) is 179 cm³/mol. The summed E-state index contributed by atoms with van der Waals surface area (Å²) in [4.78, 5) is 18.0. The molecule has 0 saturated carbocycles. The van der Waals surface area contributed by atoms with Crippen LogP contribution in [0.2, 0.25) is 0 Å². The molecule has 0 aliphatic carbocycles. The van der Waals surface area contributed by atoms with E-state index in [4.69, 9.17) is 4.98 Å².